The first-order chi connectivity index (χ1) is 28.1. The van der Waals surface area contributed by atoms with Gasteiger partial charge in [-0.05, 0) is 87.6 Å². The lowest BCUT2D eigenvalue weighted by Gasteiger charge is -2.14. The molecular formula is C53H34N4. The van der Waals surface area contributed by atoms with Gasteiger partial charge in [0.05, 0.1) is 27.6 Å². The molecule has 12 aromatic rings. The summed E-state index contributed by atoms with van der Waals surface area (Å²) in [7, 11) is 0. The molecule has 4 aromatic heterocycles. The number of aryl methyl sites for hydroxylation is 1. The Morgan fingerprint density at radius 2 is 1.23 bits per heavy atom. The Kier molecular flexibility index (Phi) is 6.67. The summed E-state index contributed by atoms with van der Waals surface area (Å²) < 4.78 is 4.86. The number of aromatic nitrogens is 4. The zero-order valence-electron chi connectivity index (χ0n) is 31.2. The van der Waals surface area contributed by atoms with Crippen LogP contribution in [0.5, 0.6) is 0 Å². The van der Waals surface area contributed by atoms with Crippen LogP contribution in [0.4, 0.5) is 0 Å². The van der Waals surface area contributed by atoms with Crippen molar-refractivity contribution in [2.45, 2.75) is 6.92 Å². The van der Waals surface area contributed by atoms with E-state index in [-0.39, 0.29) is 0 Å². The Labute approximate surface area is 328 Å². The smallest absolute Gasteiger partial charge is 0.162 e. The molecule has 4 heterocycles. The van der Waals surface area contributed by atoms with E-state index in [2.05, 4.69) is 192 Å². The van der Waals surface area contributed by atoms with E-state index in [1.807, 2.05) is 6.07 Å². The van der Waals surface area contributed by atoms with Gasteiger partial charge in [0.15, 0.2) is 5.82 Å². The summed E-state index contributed by atoms with van der Waals surface area (Å²) in [6, 6.07) is 58.4. The largest absolute Gasteiger partial charge is 0.308 e. The molecule has 0 aliphatic rings. The van der Waals surface area contributed by atoms with Gasteiger partial charge in [-0.25, -0.2) is 9.97 Å². The number of allylic oxidation sites excluding steroid dienone is 2. The second-order valence-corrected chi connectivity index (χ2v) is 15.1. The molecule has 0 saturated carbocycles. The van der Waals surface area contributed by atoms with E-state index in [9.17, 15) is 0 Å². The molecule has 0 saturated heterocycles. The number of rotatable bonds is 5. The number of para-hydroxylation sites is 3. The second-order valence-electron chi connectivity index (χ2n) is 15.1. The fourth-order valence-electron chi connectivity index (χ4n) is 9.31. The normalized spacial score (nSPS) is 12.3. The van der Waals surface area contributed by atoms with Crippen molar-refractivity contribution in [2.24, 2.45) is 0 Å². The molecule has 0 unspecified atom stereocenters. The molecule has 0 N–H and O–H groups in total. The zero-order valence-corrected chi connectivity index (χ0v) is 31.2. The van der Waals surface area contributed by atoms with Crippen molar-refractivity contribution in [3.05, 3.63) is 193 Å². The first-order valence-electron chi connectivity index (χ1n) is 19.4. The highest BCUT2D eigenvalue weighted by atomic mass is 15.1. The molecule has 0 spiro atoms. The van der Waals surface area contributed by atoms with E-state index in [0.717, 1.165) is 50.1 Å². The van der Waals surface area contributed by atoms with E-state index >= 15 is 0 Å². The van der Waals surface area contributed by atoms with E-state index in [0.29, 0.717) is 5.82 Å². The van der Waals surface area contributed by atoms with E-state index < -0.39 is 0 Å². The standard InChI is InChI=1S/C53H34N4/c1-32(34-14-4-3-5-15-34)24-29-46-33(2)43-31-44-40-18-9-12-22-47(40)57(51(44)49-42-20-10-13-23-48(42)56(46)50(43)49)53-41-19-8-11-21-45(41)54-52(55-53)37-27-28-39-36(30-37)26-25-35-16-6-7-17-38(35)39/h3-31H,1H2,2H3/b29-24-. The minimum atomic E-state index is 0.702. The minimum absolute atomic E-state index is 0.702. The Morgan fingerprint density at radius 3 is 2.09 bits per heavy atom. The predicted octanol–water partition coefficient (Wildman–Crippen LogP) is 13.7. The molecule has 0 aliphatic carbocycles. The van der Waals surface area contributed by atoms with E-state index in [1.165, 1.54) is 65.1 Å². The lowest BCUT2D eigenvalue weighted by atomic mass is 10.00. The van der Waals surface area contributed by atoms with Crippen LogP contribution in [0.25, 0.3) is 110 Å². The summed E-state index contributed by atoms with van der Waals surface area (Å²) in [5.41, 5.74) is 11.1. The van der Waals surface area contributed by atoms with Crippen molar-refractivity contribution in [3.63, 3.8) is 0 Å². The SMILES string of the molecule is C=C(/C=C\c1c(C)c2cc3c4ccccc4n(-c4nc(-c5ccc6c(ccc7ccccc76)c5)nc5ccccc45)c3c3c4ccccc4n1c23)c1ccccc1. The van der Waals surface area contributed by atoms with Crippen molar-refractivity contribution in [1.29, 1.82) is 0 Å². The number of fused-ring (bicyclic) bond motifs is 11. The van der Waals surface area contributed by atoms with Gasteiger partial charge in [-0.15, -0.1) is 0 Å². The fourth-order valence-corrected chi connectivity index (χ4v) is 9.31. The van der Waals surface area contributed by atoms with Crippen LogP contribution < -0.4 is 0 Å². The third kappa shape index (κ3) is 4.56. The third-order valence-corrected chi connectivity index (χ3v) is 12.0. The average molecular weight is 727 g/mol. The topological polar surface area (TPSA) is 35.1 Å². The van der Waals surface area contributed by atoms with E-state index in [4.69, 9.17) is 9.97 Å². The van der Waals surface area contributed by atoms with Crippen molar-refractivity contribution in [1.82, 2.24) is 18.9 Å². The van der Waals surface area contributed by atoms with Crippen LogP contribution in [0, 0.1) is 6.92 Å². The Bertz CT molecular complexity index is 3660. The molecule has 0 bridgehead atoms. The van der Waals surface area contributed by atoms with Crippen LogP contribution in [0.2, 0.25) is 0 Å². The molecule has 266 valence electrons. The summed E-state index contributed by atoms with van der Waals surface area (Å²) in [6.07, 6.45) is 4.39. The highest BCUT2D eigenvalue weighted by Gasteiger charge is 2.26. The number of hydrogen-bond acceptors (Lipinski definition) is 2. The van der Waals surface area contributed by atoms with Crippen LogP contribution in [0.1, 0.15) is 16.8 Å². The summed E-state index contributed by atoms with van der Waals surface area (Å²) in [4.78, 5) is 10.7. The summed E-state index contributed by atoms with van der Waals surface area (Å²) in [5.74, 6) is 1.57. The number of benzene rings is 8. The van der Waals surface area contributed by atoms with Gasteiger partial charge in [-0.3, -0.25) is 4.57 Å². The van der Waals surface area contributed by atoms with Gasteiger partial charge in [-0.2, -0.15) is 0 Å². The van der Waals surface area contributed by atoms with Crippen LogP contribution in [0.15, 0.2) is 176 Å². The van der Waals surface area contributed by atoms with Gasteiger partial charge in [0.2, 0.25) is 0 Å². The van der Waals surface area contributed by atoms with Crippen molar-refractivity contribution >= 4 is 93.1 Å². The molecule has 0 fully saturated rings. The molecule has 0 radical (unpaired) electrons. The number of nitrogens with zero attached hydrogens (tertiary/aromatic N) is 4. The Balaban J connectivity index is 1.16. The van der Waals surface area contributed by atoms with Gasteiger partial charge in [0.1, 0.15) is 5.82 Å². The first kappa shape index (κ1) is 31.8. The first-order valence-corrected chi connectivity index (χ1v) is 19.4. The molecule has 0 aliphatic heterocycles. The van der Waals surface area contributed by atoms with Gasteiger partial charge in [0.25, 0.3) is 0 Å². The Hall–Kier alpha value is -7.56. The summed E-state index contributed by atoms with van der Waals surface area (Å²) in [5, 5.41) is 12.0. The summed E-state index contributed by atoms with van der Waals surface area (Å²) >= 11 is 0. The fraction of sp³-hybridized carbons (Fsp3) is 0.0189. The van der Waals surface area contributed by atoms with Crippen molar-refractivity contribution in [2.75, 3.05) is 0 Å². The molecule has 0 amide bonds. The molecular weight excluding hydrogens is 693 g/mol. The minimum Gasteiger partial charge on any atom is -0.308 e. The molecule has 0 atom stereocenters. The summed E-state index contributed by atoms with van der Waals surface area (Å²) in [6.45, 7) is 6.67. The van der Waals surface area contributed by atoms with Crippen LogP contribution >= 0.6 is 0 Å². The lowest BCUT2D eigenvalue weighted by molar-refractivity contribution is 1.08. The quantitative estimate of drug-likeness (QED) is 0.131. The van der Waals surface area contributed by atoms with Gasteiger partial charge >= 0.3 is 0 Å². The number of hydrogen-bond donors (Lipinski definition) is 0. The molecule has 8 aromatic carbocycles. The second kappa shape index (κ2) is 12.0. The molecule has 4 heteroatoms. The van der Waals surface area contributed by atoms with Crippen molar-refractivity contribution in [3.8, 4) is 17.2 Å². The maximum absolute atomic E-state index is 5.54. The van der Waals surface area contributed by atoms with Crippen LogP contribution in [0.3, 0.4) is 0 Å². The molecule has 12 rings (SSSR count). The van der Waals surface area contributed by atoms with E-state index in [1.54, 1.807) is 0 Å². The maximum atomic E-state index is 5.54. The van der Waals surface area contributed by atoms with Gasteiger partial charge < -0.3 is 4.40 Å². The van der Waals surface area contributed by atoms with Crippen LogP contribution in [-0.2, 0) is 0 Å². The van der Waals surface area contributed by atoms with Gasteiger partial charge in [0, 0.05) is 43.6 Å². The zero-order chi connectivity index (χ0) is 37.8. The van der Waals surface area contributed by atoms with Gasteiger partial charge in [-0.1, -0.05) is 140 Å². The highest BCUT2D eigenvalue weighted by Crippen LogP contribution is 2.46. The third-order valence-electron chi connectivity index (χ3n) is 12.0. The maximum Gasteiger partial charge on any atom is 0.162 e. The average Bonchev–Trinajstić information content (AvgIpc) is 3.88. The lowest BCUT2D eigenvalue weighted by Crippen LogP contribution is -2.03. The Morgan fingerprint density at radius 1 is 0.544 bits per heavy atom. The monoisotopic (exact) mass is 726 g/mol. The molecule has 57 heavy (non-hydrogen) atoms. The molecule has 4 nitrogen and oxygen atoms in total. The van der Waals surface area contributed by atoms with Crippen molar-refractivity contribution < 1.29 is 0 Å². The highest BCUT2D eigenvalue weighted by molar-refractivity contribution is 6.31. The van der Waals surface area contributed by atoms with Crippen LogP contribution in [-0.4, -0.2) is 18.9 Å². The predicted molar refractivity (Wildman–Crippen MR) is 241 cm³/mol.